The Morgan fingerprint density at radius 3 is 2.75 bits per heavy atom. The third-order valence-corrected chi connectivity index (χ3v) is 5.88. The van der Waals surface area contributed by atoms with Crippen LogP contribution < -0.4 is 5.32 Å². The third kappa shape index (κ3) is 3.72. The molecule has 1 aliphatic rings. The number of carbonyl (C=O) groups excluding carboxylic acids is 2. The number of hydrogen-bond acceptors (Lipinski definition) is 6. The van der Waals surface area contributed by atoms with Crippen molar-refractivity contribution in [3.05, 3.63) is 76.1 Å². The Morgan fingerprint density at radius 2 is 2.04 bits per heavy atom. The van der Waals surface area contributed by atoms with Crippen LogP contribution in [0.2, 0.25) is 0 Å². The van der Waals surface area contributed by atoms with Gasteiger partial charge in [-0.3, -0.25) is 9.69 Å². The van der Waals surface area contributed by atoms with Crippen molar-refractivity contribution in [3.63, 3.8) is 0 Å². The average Bonchev–Trinajstić information content (AvgIpc) is 3.36. The van der Waals surface area contributed by atoms with Crippen molar-refractivity contribution < 1.29 is 18.7 Å². The number of nitrogens with zero attached hydrogens (tertiary/aromatic N) is 1. The molecule has 0 saturated heterocycles. The highest BCUT2D eigenvalue weighted by atomic mass is 32.1. The van der Waals surface area contributed by atoms with Gasteiger partial charge in [-0.1, -0.05) is 30.3 Å². The van der Waals surface area contributed by atoms with Crippen LogP contribution in [-0.4, -0.2) is 30.4 Å². The Bertz CT molecular complexity index is 980. The number of amides is 1. The maximum atomic E-state index is 12.4. The molecule has 3 aromatic rings. The molecular weight excluding hydrogens is 376 g/mol. The summed E-state index contributed by atoms with van der Waals surface area (Å²) in [6.07, 6.45) is 2.18. The van der Waals surface area contributed by atoms with Crippen LogP contribution in [0.3, 0.4) is 0 Å². The van der Waals surface area contributed by atoms with Crippen LogP contribution in [0, 0.1) is 0 Å². The van der Waals surface area contributed by atoms with Gasteiger partial charge in [-0.15, -0.1) is 11.3 Å². The Labute approximate surface area is 166 Å². The molecular formula is C21H20N2O4S. The molecule has 0 fully saturated rings. The van der Waals surface area contributed by atoms with Crippen LogP contribution in [-0.2, 0) is 24.2 Å². The first kappa shape index (κ1) is 18.5. The summed E-state index contributed by atoms with van der Waals surface area (Å²) in [6, 6.07) is 13.5. The monoisotopic (exact) mass is 396 g/mol. The molecule has 1 N–H and O–H groups in total. The minimum atomic E-state index is -0.427. The summed E-state index contributed by atoms with van der Waals surface area (Å²) < 4.78 is 10.1. The van der Waals surface area contributed by atoms with E-state index in [1.165, 1.54) is 30.3 Å². The van der Waals surface area contributed by atoms with Gasteiger partial charge in [0.2, 0.25) is 0 Å². The summed E-state index contributed by atoms with van der Waals surface area (Å²) in [5.74, 6) is -0.605. The van der Waals surface area contributed by atoms with E-state index in [1.54, 1.807) is 12.1 Å². The number of rotatable bonds is 5. The van der Waals surface area contributed by atoms with E-state index in [-0.39, 0.29) is 11.7 Å². The first-order chi connectivity index (χ1) is 13.7. The number of hydrogen-bond donors (Lipinski definition) is 1. The molecule has 0 radical (unpaired) electrons. The van der Waals surface area contributed by atoms with Crippen molar-refractivity contribution >= 4 is 28.2 Å². The van der Waals surface area contributed by atoms with Crippen LogP contribution in [0.25, 0.3) is 0 Å². The van der Waals surface area contributed by atoms with E-state index in [0.29, 0.717) is 10.6 Å². The number of carbonyl (C=O) groups is 2. The maximum absolute atomic E-state index is 12.4. The third-order valence-electron chi connectivity index (χ3n) is 4.75. The molecule has 0 unspecified atom stereocenters. The zero-order valence-electron chi connectivity index (χ0n) is 15.4. The van der Waals surface area contributed by atoms with E-state index >= 15 is 0 Å². The number of anilines is 1. The van der Waals surface area contributed by atoms with Gasteiger partial charge >= 0.3 is 5.97 Å². The van der Waals surface area contributed by atoms with Gasteiger partial charge in [0.1, 0.15) is 5.00 Å². The number of ether oxygens (including phenoxy) is 1. The van der Waals surface area contributed by atoms with Gasteiger partial charge in [-0.2, -0.15) is 0 Å². The molecule has 1 aromatic carbocycles. The van der Waals surface area contributed by atoms with Crippen LogP contribution in [0.5, 0.6) is 0 Å². The molecule has 2 aromatic heterocycles. The summed E-state index contributed by atoms with van der Waals surface area (Å²) in [4.78, 5) is 28.2. The zero-order chi connectivity index (χ0) is 19.5. The van der Waals surface area contributed by atoms with E-state index in [0.717, 1.165) is 36.5 Å². The average molecular weight is 396 g/mol. The molecule has 7 heteroatoms. The number of methoxy groups -OCH3 is 1. The molecule has 144 valence electrons. The highest BCUT2D eigenvalue weighted by molar-refractivity contribution is 7.17. The molecule has 28 heavy (non-hydrogen) atoms. The van der Waals surface area contributed by atoms with E-state index in [9.17, 15) is 9.59 Å². The molecule has 3 heterocycles. The van der Waals surface area contributed by atoms with Crippen molar-refractivity contribution in [2.24, 2.45) is 0 Å². The lowest BCUT2D eigenvalue weighted by Crippen LogP contribution is -2.29. The van der Waals surface area contributed by atoms with Gasteiger partial charge in [0.25, 0.3) is 5.91 Å². The second kappa shape index (κ2) is 8.00. The van der Waals surface area contributed by atoms with E-state index < -0.39 is 5.97 Å². The molecule has 6 nitrogen and oxygen atoms in total. The fraction of sp³-hybridized carbons (Fsp3) is 0.238. The second-order valence-corrected chi connectivity index (χ2v) is 7.68. The predicted octanol–water partition coefficient (Wildman–Crippen LogP) is 3.94. The van der Waals surface area contributed by atoms with Gasteiger partial charge in [-0.05, 0) is 29.7 Å². The molecule has 0 aliphatic carbocycles. The molecule has 0 atom stereocenters. The lowest BCUT2D eigenvalue weighted by Gasteiger charge is -2.27. The largest absolute Gasteiger partial charge is 0.465 e. The van der Waals surface area contributed by atoms with Crippen molar-refractivity contribution in [2.75, 3.05) is 19.0 Å². The van der Waals surface area contributed by atoms with E-state index in [4.69, 9.17) is 9.15 Å². The number of fused-ring (bicyclic) bond motifs is 1. The predicted molar refractivity (Wildman–Crippen MR) is 107 cm³/mol. The molecule has 1 amide bonds. The topological polar surface area (TPSA) is 71.8 Å². The standard InChI is InChI=1S/C21H20N2O4S/c1-26-21(25)18-15-9-10-23(12-14-6-3-2-4-7-14)13-17(15)28-20(18)22-19(24)16-8-5-11-27-16/h2-8,11H,9-10,12-13H2,1H3,(H,22,24). The number of benzene rings is 1. The van der Waals surface area contributed by atoms with Crippen molar-refractivity contribution in [1.82, 2.24) is 4.90 Å². The zero-order valence-corrected chi connectivity index (χ0v) is 16.3. The van der Waals surface area contributed by atoms with E-state index in [1.807, 2.05) is 18.2 Å². The maximum Gasteiger partial charge on any atom is 0.341 e. The van der Waals surface area contributed by atoms with Gasteiger partial charge < -0.3 is 14.5 Å². The lowest BCUT2D eigenvalue weighted by molar-refractivity contribution is 0.0600. The van der Waals surface area contributed by atoms with Gasteiger partial charge in [0.15, 0.2) is 5.76 Å². The summed E-state index contributed by atoms with van der Waals surface area (Å²) in [7, 11) is 1.36. The number of nitrogens with one attached hydrogen (secondary N) is 1. The van der Waals surface area contributed by atoms with Crippen molar-refractivity contribution in [3.8, 4) is 0 Å². The van der Waals surface area contributed by atoms with Crippen LogP contribution in [0.4, 0.5) is 5.00 Å². The number of thiophene rings is 1. The highest BCUT2D eigenvalue weighted by Crippen LogP contribution is 2.38. The first-order valence-electron chi connectivity index (χ1n) is 8.99. The van der Waals surface area contributed by atoms with E-state index in [2.05, 4.69) is 22.3 Å². The Kier molecular flexibility index (Phi) is 5.27. The Hall–Kier alpha value is -2.90. The Morgan fingerprint density at radius 1 is 1.21 bits per heavy atom. The minimum Gasteiger partial charge on any atom is -0.465 e. The summed E-state index contributed by atoms with van der Waals surface area (Å²) in [5.41, 5.74) is 2.68. The second-order valence-electron chi connectivity index (χ2n) is 6.58. The normalized spacial score (nSPS) is 13.8. The van der Waals surface area contributed by atoms with Crippen molar-refractivity contribution in [1.29, 1.82) is 0 Å². The van der Waals surface area contributed by atoms with Crippen LogP contribution in [0.1, 0.15) is 36.9 Å². The fourth-order valence-electron chi connectivity index (χ4n) is 3.41. The van der Waals surface area contributed by atoms with Gasteiger partial charge in [0, 0.05) is 24.5 Å². The molecule has 4 rings (SSSR count). The Balaban J connectivity index is 1.59. The summed E-state index contributed by atoms with van der Waals surface area (Å²) in [6.45, 7) is 2.42. The minimum absolute atomic E-state index is 0.202. The lowest BCUT2D eigenvalue weighted by atomic mass is 10.0. The smallest absolute Gasteiger partial charge is 0.341 e. The first-order valence-corrected chi connectivity index (χ1v) is 9.81. The fourth-order valence-corrected chi connectivity index (χ4v) is 4.68. The van der Waals surface area contributed by atoms with Crippen LogP contribution >= 0.6 is 11.3 Å². The highest BCUT2D eigenvalue weighted by Gasteiger charge is 2.29. The molecule has 1 aliphatic heterocycles. The molecule has 0 bridgehead atoms. The van der Waals surface area contributed by atoms with Gasteiger partial charge in [-0.25, -0.2) is 4.79 Å². The van der Waals surface area contributed by atoms with Crippen molar-refractivity contribution in [2.45, 2.75) is 19.5 Å². The van der Waals surface area contributed by atoms with Crippen LogP contribution in [0.15, 0.2) is 53.1 Å². The number of furan rings is 1. The molecule has 0 spiro atoms. The summed E-state index contributed by atoms with van der Waals surface area (Å²) >= 11 is 1.43. The SMILES string of the molecule is COC(=O)c1c(NC(=O)c2ccco2)sc2c1CCN(Cc1ccccc1)C2. The number of esters is 1. The van der Waals surface area contributed by atoms with Gasteiger partial charge in [0.05, 0.1) is 18.9 Å². The quantitative estimate of drug-likeness (QED) is 0.662. The summed E-state index contributed by atoms with van der Waals surface area (Å²) in [5, 5.41) is 3.33. The molecule has 0 saturated carbocycles.